The van der Waals surface area contributed by atoms with Crippen LogP contribution in [0.1, 0.15) is 20.2 Å². The monoisotopic (exact) mass is 432 g/mol. The number of nitro groups is 1. The SMILES string of the molecule is COCCNc1ccc(C(=O)NCc2ccc(-c3csc(C)n3)s2)cc1[N+](=O)[O-]. The summed E-state index contributed by atoms with van der Waals surface area (Å²) in [5.41, 5.74) is 1.37. The van der Waals surface area contributed by atoms with Crippen molar-refractivity contribution in [2.75, 3.05) is 25.6 Å². The van der Waals surface area contributed by atoms with Gasteiger partial charge in [-0.25, -0.2) is 4.98 Å². The number of methoxy groups -OCH3 is 1. The fourth-order valence-electron chi connectivity index (χ4n) is 2.62. The Morgan fingerprint density at radius 1 is 1.31 bits per heavy atom. The molecule has 0 atom stereocenters. The number of ether oxygens (including phenoxy) is 1. The first-order valence-corrected chi connectivity index (χ1v) is 10.5. The molecule has 152 valence electrons. The number of nitrogens with one attached hydrogen (secondary N) is 2. The van der Waals surface area contributed by atoms with Crippen molar-refractivity contribution in [1.82, 2.24) is 10.3 Å². The number of thiazole rings is 1. The number of thiophene rings is 1. The van der Waals surface area contributed by atoms with Crippen LogP contribution in [0, 0.1) is 17.0 Å². The van der Waals surface area contributed by atoms with E-state index in [1.165, 1.54) is 12.1 Å². The van der Waals surface area contributed by atoms with E-state index >= 15 is 0 Å². The summed E-state index contributed by atoms with van der Waals surface area (Å²) < 4.78 is 4.93. The number of hydrogen-bond acceptors (Lipinski definition) is 8. The Bertz CT molecular complexity index is 1020. The van der Waals surface area contributed by atoms with Gasteiger partial charge in [-0.1, -0.05) is 0 Å². The van der Waals surface area contributed by atoms with E-state index in [0.29, 0.717) is 25.4 Å². The molecule has 0 aliphatic rings. The van der Waals surface area contributed by atoms with Crippen LogP contribution < -0.4 is 10.6 Å². The third-order valence-electron chi connectivity index (χ3n) is 4.03. The molecule has 0 aliphatic carbocycles. The molecule has 2 aromatic heterocycles. The van der Waals surface area contributed by atoms with Gasteiger partial charge >= 0.3 is 0 Å². The Kier molecular flexibility index (Phi) is 6.91. The first-order chi connectivity index (χ1) is 14.0. The standard InChI is InChI=1S/C19H20N4O4S2/c1-12-22-16(11-28-12)18-6-4-14(29-18)10-21-19(24)13-3-5-15(20-7-8-27-2)17(9-13)23(25)26/h3-6,9,11,20H,7-8,10H2,1-2H3,(H,21,24). The van der Waals surface area contributed by atoms with Crippen molar-refractivity contribution in [2.24, 2.45) is 0 Å². The second-order valence-corrected chi connectivity index (χ2v) is 8.34. The molecule has 0 fully saturated rings. The van der Waals surface area contributed by atoms with Crippen LogP contribution in [0.3, 0.4) is 0 Å². The number of aromatic nitrogens is 1. The number of aryl methyl sites for hydroxylation is 1. The van der Waals surface area contributed by atoms with Gasteiger partial charge in [0.25, 0.3) is 11.6 Å². The van der Waals surface area contributed by atoms with Crippen molar-refractivity contribution in [3.8, 4) is 10.6 Å². The number of amides is 1. The van der Waals surface area contributed by atoms with Crippen LogP contribution in [0.2, 0.25) is 0 Å². The second-order valence-electron chi connectivity index (χ2n) is 6.11. The third kappa shape index (κ3) is 5.37. The third-order valence-corrected chi connectivity index (χ3v) is 5.92. The number of carbonyl (C=O) groups excluding carboxylic acids is 1. The van der Waals surface area contributed by atoms with Crippen molar-refractivity contribution in [3.63, 3.8) is 0 Å². The highest BCUT2D eigenvalue weighted by Crippen LogP contribution is 2.29. The van der Waals surface area contributed by atoms with Crippen molar-refractivity contribution < 1.29 is 14.5 Å². The molecule has 1 aromatic carbocycles. The lowest BCUT2D eigenvalue weighted by molar-refractivity contribution is -0.384. The number of hydrogen-bond donors (Lipinski definition) is 2. The van der Waals surface area contributed by atoms with Gasteiger partial charge < -0.3 is 15.4 Å². The number of rotatable bonds is 9. The zero-order valence-electron chi connectivity index (χ0n) is 15.9. The van der Waals surface area contributed by atoms with E-state index in [2.05, 4.69) is 15.6 Å². The Morgan fingerprint density at radius 2 is 2.14 bits per heavy atom. The van der Waals surface area contributed by atoms with Crippen LogP contribution in [-0.4, -0.2) is 36.1 Å². The van der Waals surface area contributed by atoms with Crippen molar-refractivity contribution in [2.45, 2.75) is 13.5 Å². The summed E-state index contributed by atoms with van der Waals surface area (Å²) in [6.45, 7) is 3.15. The van der Waals surface area contributed by atoms with Gasteiger partial charge in [0, 0.05) is 35.5 Å². The van der Waals surface area contributed by atoms with Gasteiger partial charge in [0.05, 0.1) is 33.7 Å². The van der Waals surface area contributed by atoms with Crippen LogP contribution in [0.4, 0.5) is 11.4 Å². The summed E-state index contributed by atoms with van der Waals surface area (Å²) in [4.78, 5) is 29.8. The van der Waals surface area contributed by atoms with E-state index in [1.54, 1.807) is 35.8 Å². The lowest BCUT2D eigenvalue weighted by atomic mass is 10.1. The minimum Gasteiger partial charge on any atom is -0.383 e. The minimum absolute atomic E-state index is 0.147. The molecule has 0 saturated carbocycles. The van der Waals surface area contributed by atoms with Gasteiger partial charge in [-0.2, -0.15) is 0 Å². The average Bonchev–Trinajstić information content (AvgIpc) is 3.35. The van der Waals surface area contributed by atoms with Crippen LogP contribution >= 0.6 is 22.7 Å². The topological polar surface area (TPSA) is 106 Å². The predicted molar refractivity (Wildman–Crippen MR) is 115 cm³/mol. The molecule has 3 aromatic rings. The van der Waals surface area contributed by atoms with E-state index in [9.17, 15) is 14.9 Å². The molecule has 0 aliphatic heterocycles. The largest absolute Gasteiger partial charge is 0.383 e. The number of carbonyl (C=O) groups is 1. The fourth-order valence-corrected chi connectivity index (χ4v) is 4.21. The van der Waals surface area contributed by atoms with E-state index in [4.69, 9.17) is 4.74 Å². The summed E-state index contributed by atoms with van der Waals surface area (Å²) >= 11 is 3.15. The zero-order valence-corrected chi connectivity index (χ0v) is 17.6. The number of anilines is 1. The highest BCUT2D eigenvalue weighted by molar-refractivity contribution is 7.16. The molecule has 0 unspecified atom stereocenters. The Morgan fingerprint density at radius 3 is 2.83 bits per heavy atom. The molecule has 2 heterocycles. The zero-order chi connectivity index (χ0) is 20.8. The predicted octanol–water partition coefficient (Wildman–Crippen LogP) is 4.08. The van der Waals surface area contributed by atoms with E-state index in [-0.39, 0.29) is 17.2 Å². The first-order valence-electron chi connectivity index (χ1n) is 8.78. The molecule has 8 nitrogen and oxygen atoms in total. The number of benzene rings is 1. The van der Waals surface area contributed by atoms with Gasteiger partial charge in [-0.15, -0.1) is 22.7 Å². The summed E-state index contributed by atoms with van der Waals surface area (Å²) in [6.07, 6.45) is 0. The Labute approximate surface area is 175 Å². The molecular formula is C19H20N4O4S2. The molecule has 3 rings (SSSR count). The highest BCUT2D eigenvalue weighted by Gasteiger charge is 2.17. The van der Waals surface area contributed by atoms with Crippen molar-refractivity contribution in [3.05, 3.63) is 61.3 Å². The van der Waals surface area contributed by atoms with Crippen LogP contribution in [-0.2, 0) is 11.3 Å². The molecule has 29 heavy (non-hydrogen) atoms. The summed E-state index contributed by atoms with van der Waals surface area (Å²) in [7, 11) is 1.55. The Balaban J connectivity index is 1.65. The Hall–Kier alpha value is -2.82. The van der Waals surface area contributed by atoms with Gasteiger partial charge in [-0.3, -0.25) is 14.9 Å². The molecule has 1 amide bonds. The van der Waals surface area contributed by atoms with E-state index in [0.717, 1.165) is 20.5 Å². The molecule has 0 bridgehead atoms. The normalized spacial score (nSPS) is 10.7. The van der Waals surface area contributed by atoms with Gasteiger partial charge in [-0.05, 0) is 31.2 Å². The molecular weight excluding hydrogens is 412 g/mol. The summed E-state index contributed by atoms with van der Waals surface area (Å²) in [5.74, 6) is -0.365. The van der Waals surface area contributed by atoms with Crippen molar-refractivity contribution in [1.29, 1.82) is 0 Å². The molecule has 2 N–H and O–H groups in total. The first kappa shape index (κ1) is 20.9. The fraction of sp³-hybridized carbons (Fsp3) is 0.263. The molecule has 0 radical (unpaired) electrons. The average molecular weight is 433 g/mol. The lowest BCUT2D eigenvalue weighted by Crippen LogP contribution is -2.22. The summed E-state index contributed by atoms with van der Waals surface area (Å²) in [6, 6.07) is 8.31. The van der Waals surface area contributed by atoms with E-state index in [1.807, 2.05) is 24.4 Å². The van der Waals surface area contributed by atoms with E-state index < -0.39 is 4.92 Å². The van der Waals surface area contributed by atoms with Crippen LogP contribution in [0.5, 0.6) is 0 Å². The van der Waals surface area contributed by atoms with Gasteiger partial charge in [0.1, 0.15) is 5.69 Å². The lowest BCUT2D eigenvalue weighted by Gasteiger charge is -2.08. The maximum atomic E-state index is 12.5. The highest BCUT2D eigenvalue weighted by atomic mass is 32.1. The molecule has 0 saturated heterocycles. The summed E-state index contributed by atoms with van der Waals surface area (Å²) in [5, 5.41) is 20.1. The maximum absolute atomic E-state index is 12.5. The molecule has 10 heteroatoms. The molecule has 0 spiro atoms. The maximum Gasteiger partial charge on any atom is 0.293 e. The van der Waals surface area contributed by atoms with Gasteiger partial charge in [0.15, 0.2) is 0 Å². The quantitative estimate of drug-likeness (QED) is 0.300. The minimum atomic E-state index is -0.507. The van der Waals surface area contributed by atoms with Crippen LogP contribution in [0.25, 0.3) is 10.6 Å². The number of nitrogens with zero attached hydrogens (tertiary/aromatic N) is 2. The van der Waals surface area contributed by atoms with Crippen LogP contribution in [0.15, 0.2) is 35.7 Å². The smallest absolute Gasteiger partial charge is 0.293 e. The van der Waals surface area contributed by atoms with Crippen molar-refractivity contribution >= 4 is 40.0 Å². The second kappa shape index (κ2) is 9.59. The van der Waals surface area contributed by atoms with Gasteiger partial charge in [0.2, 0.25) is 0 Å². The number of nitro benzene ring substituents is 1.